The first-order valence-corrected chi connectivity index (χ1v) is 7.67. The van der Waals surface area contributed by atoms with E-state index in [2.05, 4.69) is 45.4 Å². The second-order valence-corrected chi connectivity index (χ2v) is 5.71. The summed E-state index contributed by atoms with van der Waals surface area (Å²) < 4.78 is 0. The highest BCUT2D eigenvalue weighted by molar-refractivity contribution is 5.15. The molecular weight excluding hydrogens is 246 g/mol. The molecule has 2 heterocycles. The molecule has 106 valence electrons. The quantitative estimate of drug-likeness (QED) is 0.874. The zero-order chi connectivity index (χ0) is 13.6. The van der Waals surface area contributed by atoms with Gasteiger partial charge in [0.15, 0.2) is 0 Å². The number of benzene rings is 1. The minimum absolute atomic E-state index is 0.766. The zero-order valence-electron chi connectivity index (χ0n) is 12.0. The summed E-state index contributed by atoms with van der Waals surface area (Å²) in [6.07, 6.45) is 10.3. The van der Waals surface area contributed by atoms with Gasteiger partial charge in [0.1, 0.15) is 0 Å². The maximum atomic E-state index is 4.02. The molecule has 1 N–H and O–H groups in total. The third-order valence-corrected chi connectivity index (χ3v) is 4.35. The largest absolute Gasteiger partial charge is 0.300 e. The summed E-state index contributed by atoms with van der Waals surface area (Å²) >= 11 is 0. The Morgan fingerprint density at radius 3 is 2.85 bits per heavy atom. The summed E-state index contributed by atoms with van der Waals surface area (Å²) in [4.78, 5) is 2.66. The molecule has 0 spiro atoms. The molecule has 3 rings (SSSR count). The van der Waals surface area contributed by atoms with Crippen LogP contribution < -0.4 is 0 Å². The lowest BCUT2D eigenvalue weighted by molar-refractivity contribution is 0.246. The first-order chi connectivity index (χ1) is 9.92. The topological polar surface area (TPSA) is 31.9 Å². The van der Waals surface area contributed by atoms with Crippen LogP contribution in [0.5, 0.6) is 0 Å². The van der Waals surface area contributed by atoms with Crippen LogP contribution in [-0.2, 0) is 12.8 Å². The van der Waals surface area contributed by atoms with Gasteiger partial charge in [-0.05, 0) is 49.8 Å². The molecule has 1 aromatic heterocycles. The van der Waals surface area contributed by atoms with Crippen LogP contribution in [0.15, 0.2) is 42.7 Å². The zero-order valence-corrected chi connectivity index (χ0v) is 12.0. The molecule has 20 heavy (non-hydrogen) atoms. The monoisotopic (exact) mass is 269 g/mol. The van der Waals surface area contributed by atoms with Crippen LogP contribution in [0.3, 0.4) is 0 Å². The molecule has 2 aromatic rings. The Morgan fingerprint density at radius 2 is 2.05 bits per heavy atom. The predicted octanol–water partition coefficient (Wildman–Crippen LogP) is 3.05. The fourth-order valence-electron chi connectivity index (χ4n) is 3.18. The smallest absolute Gasteiger partial charge is 0.0519 e. The van der Waals surface area contributed by atoms with Crippen LogP contribution in [0.25, 0.3) is 0 Å². The standard InChI is InChI=1S/C17H23N3/c1-2-5-15(6-3-1)8-9-17-7-4-11-20(17)12-10-16-13-18-19-14-16/h1-3,5-6,13-14,17H,4,7-12H2,(H,18,19)/t17-/m1/s1. The van der Waals surface area contributed by atoms with Crippen molar-refractivity contribution in [3.05, 3.63) is 53.9 Å². The molecule has 0 saturated carbocycles. The fraction of sp³-hybridized carbons (Fsp3) is 0.471. The van der Waals surface area contributed by atoms with Crippen molar-refractivity contribution < 1.29 is 0 Å². The average molecular weight is 269 g/mol. The second-order valence-electron chi connectivity index (χ2n) is 5.71. The third kappa shape index (κ3) is 3.48. The molecule has 0 aliphatic carbocycles. The van der Waals surface area contributed by atoms with Gasteiger partial charge < -0.3 is 4.90 Å². The maximum absolute atomic E-state index is 4.02. The Kier molecular flexibility index (Phi) is 4.49. The van der Waals surface area contributed by atoms with Crippen molar-refractivity contribution in [1.29, 1.82) is 0 Å². The maximum Gasteiger partial charge on any atom is 0.0519 e. The van der Waals surface area contributed by atoms with Crippen molar-refractivity contribution in [2.45, 2.75) is 38.1 Å². The molecule has 0 bridgehead atoms. The highest BCUT2D eigenvalue weighted by Gasteiger charge is 2.23. The number of nitrogens with one attached hydrogen (secondary N) is 1. The molecule has 3 heteroatoms. The first-order valence-electron chi connectivity index (χ1n) is 7.67. The van der Waals surface area contributed by atoms with Crippen LogP contribution in [0.1, 0.15) is 30.4 Å². The molecule has 1 saturated heterocycles. The summed E-state index contributed by atoms with van der Waals surface area (Å²) in [6, 6.07) is 11.6. The second kappa shape index (κ2) is 6.71. The SMILES string of the molecule is c1ccc(CC[C@H]2CCCN2CCc2cn[nH]c2)cc1. The molecule has 0 unspecified atom stereocenters. The van der Waals surface area contributed by atoms with Crippen molar-refractivity contribution in [3.8, 4) is 0 Å². The lowest BCUT2D eigenvalue weighted by Crippen LogP contribution is -2.31. The van der Waals surface area contributed by atoms with Gasteiger partial charge in [-0.25, -0.2) is 0 Å². The van der Waals surface area contributed by atoms with Crippen LogP contribution >= 0.6 is 0 Å². The summed E-state index contributed by atoms with van der Waals surface area (Å²) in [6.45, 7) is 2.43. The Labute approximate surface area is 121 Å². The molecule has 1 fully saturated rings. The predicted molar refractivity (Wildman–Crippen MR) is 81.6 cm³/mol. The molecule has 1 atom stereocenters. The Hall–Kier alpha value is -1.61. The molecule has 1 aliphatic rings. The van der Waals surface area contributed by atoms with E-state index in [4.69, 9.17) is 0 Å². The van der Waals surface area contributed by atoms with Crippen molar-refractivity contribution in [2.75, 3.05) is 13.1 Å². The molecule has 3 nitrogen and oxygen atoms in total. The van der Waals surface area contributed by atoms with E-state index in [1.54, 1.807) is 0 Å². The van der Waals surface area contributed by atoms with Gasteiger partial charge in [-0.1, -0.05) is 30.3 Å². The third-order valence-electron chi connectivity index (χ3n) is 4.35. The van der Waals surface area contributed by atoms with E-state index in [0.29, 0.717) is 0 Å². The average Bonchev–Trinajstić information content (AvgIpc) is 3.15. The number of hydrogen-bond acceptors (Lipinski definition) is 2. The van der Waals surface area contributed by atoms with Crippen LogP contribution in [0, 0.1) is 0 Å². The molecule has 1 aliphatic heterocycles. The minimum atomic E-state index is 0.766. The van der Waals surface area contributed by atoms with Crippen LogP contribution in [0.2, 0.25) is 0 Å². The summed E-state index contributed by atoms with van der Waals surface area (Å²) in [5.41, 5.74) is 2.79. The van der Waals surface area contributed by atoms with E-state index in [1.165, 1.54) is 49.9 Å². The highest BCUT2D eigenvalue weighted by atomic mass is 15.2. The van der Waals surface area contributed by atoms with Gasteiger partial charge >= 0.3 is 0 Å². The Balaban J connectivity index is 1.48. The van der Waals surface area contributed by atoms with Gasteiger partial charge in [0.25, 0.3) is 0 Å². The molecule has 0 radical (unpaired) electrons. The van der Waals surface area contributed by atoms with Gasteiger partial charge in [-0.15, -0.1) is 0 Å². The number of rotatable bonds is 6. The normalized spacial score (nSPS) is 19.5. The van der Waals surface area contributed by atoms with Crippen molar-refractivity contribution in [3.63, 3.8) is 0 Å². The number of H-pyrrole nitrogens is 1. The van der Waals surface area contributed by atoms with E-state index >= 15 is 0 Å². The molecule has 1 aromatic carbocycles. The van der Waals surface area contributed by atoms with Gasteiger partial charge in [0.2, 0.25) is 0 Å². The Bertz CT molecular complexity index is 492. The molecular formula is C17H23N3. The Morgan fingerprint density at radius 1 is 1.15 bits per heavy atom. The fourth-order valence-corrected chi connectivity index (χ4v) is 3.18. The first kappa shape index (κ1) is 13.4. The van der Waals surface area contributed by atoms with E-state index in [0.717, 1.165) is 12.5 Å². The summed E-state index contributed by atoms with van der Waals surface area (Å²) in [5.74, 6) is 0. The summed E-state index contributed by atoms with van der Waals surface area (Å²) in [7, 11) is 0. The number of nitrogens with zero attached hydrogens (tertiary/aromatic N) is 2. The van der Waals surface area contributed by atoms with E-state index < -0.39 is 0 Å². The van der Waals surface area contributed by atoms with Crippen molar-refractivity contribution in [1.82, 2.24) is 15.1 Å². The number of aromatic nitrogens is 2. The highest BCUT2D eigenvalue weighted by Crippen LogP contribution is 2.22. The van der Waals surface area contributed by atoms with Gasteiger partial charge in [-0.2, -0.15) is 5.10 Å². The van der Waals surface area contributed by atoms with Gasteiger partial charge in [0.05, 0.1) is 6.20 Å². The van der Waals surface area contributed by atoms with Gasteiger partial charge in [-0.3, -0.25) is 5.10 Å². The lowest BCUT2D eigenvalue weighted by atomic mass is 10.0. The van der Waals surface area contributed by atoms with E-state index in [1.807, 2.05) is 12.4 Å². The number of aromatic amines is 1. The van der Waals surface area contributed by atoms with Gasteiger partial charge in [0, 0.05) is 18.8 Å². The summed E-state index contributed by atoms with van der Waals surface area (Å²) in [5, 5.41) is 6.91. The number of aryl methyl sites for hydroxylation is 1. The van der Waals surface area contributed by atoms with E-state index in [-0.39, 0.29) is 0 Å². The molecule has 0 amide bonds. The van der Waals surface area contributed by atoms with Crippen molar-refractivity contribution >= 4 is 0 Å². The number of likely N-dealkylation sites (tertiary alicyclic amines) is 1. The van der Waals surface area contributed by atoms with Crippen LogP contribution in [0.4, 0.5) is 0 Å². The van der Waals surface area contributed by atoms with Crippen molar-refractivity contribution in [2.24, 2.45) is 0 Å². The lowest BCUT2D eigenvalue weighted by Gasteiger charge is -2.24. The number of hydrogen-bond donors (Lipinski definition) is 1. The van der Waals surface area contributed by atoms with Crippen LogP contribution in [-0.4, -0.2) is 34.2 Å². The van der Waals surface area contributed by atoms with E-state index in [9.17, 15) is 0 Å². The minimum Gasteiger partial charge on any atom is -0.300 e.